The SMILES string of the molecule is CNC(COCCCC(F)(F)F)c1ccc(C)cc1. The molecular weight excluding hydrogens is 255 g/mol. The second-order valence-corrected chi connectivity index (χ2v) is 4.55. The lowest BCUT2D eigenvalue weighted by atomic mass is 10.1. The molecule has 0 amide bonds. The number of benzene rings is 1. The molecule has 0 aliphatic heterocycles. The normalized spacial score (nSPS) is 13.5. The van der Waals surface area contributed by atoms with Gasteiger partial charge in [0.15, 0.2) is 0 Å². The first-order chi connectivity index (χ1) is 8.92. The number of ether oxygens (including phenoxy) is 1. The van der Waals surface area contributed by atoms with Gasteiger partial charge in [0.25, 0.3) is 0 Å². The lowest BCUT2D eigenvalue weighted by molar-refractivity contribution is -0.138. The summed E-state index contributed by atoms with van der Waals surface area (Å²) in [7, 11) is 1.81. The summed E-state index contributed by atoms with van der Waals surface area (Å²) in [5.74, 6) is 0. The van der Waals surface area contributed by atoms with E-state index < -0.39 is 12.6 Å². The van der Waals surface area contributed by atoms with Crippen LogP contribution < -0.4 is 5.32 Å². The summed E-state index contributed by atoms with van der Waals surface area (Å²) in [5, 5.41) is 3.10. The Morgan fingerprint density at radius 3 is 2.37 bits per heavy atom. The van der Waals surface area contributed by atoms with Crippen LogP contribution in [-0.2, 0) is 4.74 Å². The lowest BCUT2D eigenvalue weighted by Crippen LogP contribution is -2.22. The Bertz CT molecular complexity index is 362. The molecule has 2 nitrogen and oxygen atoms in total. The van der Waals surface area contributed by atoms with Gasteiger partial charge in [0.2, 0.25) is 0 Å². The first-order valence-electron chi connectivity index (χ1n) is 6.30. The monoisotopic (exact) mass is 275 g/mol. The van der Waals surface area contributed by atoms with Gasteiger partial charge in [0.05, 0.1) is 12.6 Å². The van der Waals surface area contributed by atoms with E-state index in [1.54, 1.807) is 0 Å². The highest BCUT2D eigenvalue weighted by molar-refractivity contribution is 5.24. The molecule has 0 aromatic heterocycles. The fraction of sp³-hybridized carbons (Fsp3) is 0.571. The fourth-order valence-electron chi connectivity index (χ4n) is 1.72. The molecule has 1 N–H and O–H groups in total. The summed E-state index contributed by atoms with van der Waals surface area (Å²) >= 11 is 0. The molecule has 0 heterocycles. The zero-order valence-corrected chi connectivity index (χ0v) is 11.3. The predicted octanol–water partition coefficient (Wildman–Crippen LogP) is 3.61. The van der Waals surface area contributed by atoms with Crippen molar-refractivity contribution in [3.05, 3.63) is 35.4 Å². The predicted molar refractivity (Wildman–Crippen MR) is 69.1 cm³/mol. The molecule has 19 heavy (non-hydrogen) atoms. The van der Waals surface area contributed by atoms with Gasteiger partial charge in [-0.2, -0.15) is 13.2 Å². The summed E-state index contributed by atoms with van der Waals surface area (Å²) in [6, 6.07) is 8.00. The molecular formula is C14H20F3NO. The van der Waals surface area contributed by atoms with E-state index in [2.05, 4.69) is 5.32 Å². The van der Waals surface area contributed by atoms with Crippen molar-refractivity contribution in [2.75, 3.05) is 20.3 Å². The van der Waals surface area contributed by atoms with Gasteiger partial charge in [-0.15, -0.1) is 0 Å². The molecule has 1 rings (SSSR count). The average Bonchev–Trinajstić information content (AvgIpc) is 2.34. The third-order valence-corrected chi connectivity index (χ3v) is 2.86. The summed E-state index contributed by atoms with van der Waals surface area (Å²) in [6.07, 6.45) is -4.88. The van der Waals surface area contributed by atoms with E-state index in [1.165, 1.54) is 5.56 Å². The van der Waals surface area contributed by atoms with Crippen molar-refractivity contribution in [2.45, 2.75) is 32.0 Å². The second kappa shape index (κ2) is 7.50. The molecule has 0 bridgehead atoms. The van der Waals surface area contributed by atoms with Crippen LogP contribution in [0.25, 0.3) is 0 Å². The minimum Gasteiger partial charge on any atom is -0.379 e. The summed E-state index contributed by atoms with van der Waals surface area (Å²) in [6.45, 7) is 2.51. The Hall–Kier alpha value is -1.07. The second-order valence-electron chi connectivity index (χ2n) is 4.55. The van der Waals surface area contributed by atoms with Crippen molar-refractivity contribution in [3.63, 3.8) is 0 Å². The van der Waals surface area contributed by atoms with Crippen molar-refractivity contribution in [1.29, 1.82) is 0 Å². The van der Waals surface area contributed by atoms with Crippen molar-refractivity contribution in [2.24, 2.45) is 0 Å². The van der Waals surface area contributed by atoms with Gasteiger partial charge in [0, 0.05) is 13.0 Å². The van der Waals surface area contributed by atoms with Crippen LogP contribution in [0.4, 0.5) is 13.2 Å². The van der Waals surface area contributed by atoms with Crippen LogP contribution >= 0.6 is 0 Å². The van der Waals surface area contributed by atoms with Gasteiger partial charge in [0.1, 0.15) is 0 Å². The zero-order chi connectivity index (χ0) is 14.3. The number of aryl methyl sites for hydroxylation is 1. The van der Waals surface area contributed by atoms with E-state index >= 15 is 0 Å². The molecule has 0 radical (unpaired) electrons. The van der Waals surface area contributed by atoms with Gasteiger partial charge in [-0.1, -0.05) is 29.8 Å². The molecule has 0 spiro atoms. The average molecular weight is 275 g/mol. The van der Waals surface area contributed by atoms with Crippen molar-refractivity contribution >= 4 is 0 Å². The number of rotatable bonds is 7. The standard InChI is InChI=1S/C14H20F3NO/c1-11-4-6-12(7-5-11)13(18-2)10-19-9-3-8-14(15,16)17/h4-7,13,18H,3,8-10H2,1-2H3. The molecule has 0 saturated carbocycles. The largest absolute Gasteiger partial charge is 0.389 e. The Morgan fingerprint density at radius 2 is 1.84 bits per heavy atom. The van der Waals surface area contributed by atoms with Gasteiger partial charge < -0.3 is 10.1 Å². The Morgan fingerprint density at radius 1 is 1.21 bits per heavy atom. The maximum Gasteiger partial charge on any atom is 0.389 e. The third kappa shape index (κ3) is 6.59. The van der Waals surface area contributed by atoms with Crippen LogP contribution in [0.5, 0.6) is 0 Å². The minimum absolute atomic E-state index is 0.00601. The zero-order valence-electron chi connectivity index (χ0n) is 11.3. The van der Waals surface area contributed by atoms with E-state index in [9.17, 15) is 13.2 Å². The topological polar surface area (TPSA) is 21.3 Å². The van der Waals surface area contributed by atoms with Crippen LogP contribution in [0.2, 0.25) is 0 Å². The maximum atomic E-state index is 11.9. The van der Waals surface area contributed by atoms with E-state index in [1.807, 2.05) is 38.2 Å². The first-order valence-corrected chi connectivity index (χ1v) is 6.30. The minimum atomic E-state index is -4.09. The molecule has 5 heteroatoms. The number of hydrogen-bond acceptors (Lipinski definition) is 2. The summed E-state index contributed by atoms with van der Waals surface area (Å²) in [4.78, 5) is 0. The molecule has 0 saturated heterocycles. The van der Waals surface area contributed by atoms with E-state index in [4.69, 9.17) is 4.74 Å². The number of likely N-dealkylation sites (N-methyl/N-ethyl adjacent to an activating group) is 1. The van der Waals surface area contributed by atoms with Gasteiger partial charge in [-0.05, 0) is 26.0 Å². The molecule has 0 fully saturated rings. The van der Waals surface area contributed by atoms with Crippen LogP contribution in [0.15, 0.2) is 24.3 Å². The highest BCUT2D eigenvalue weighted by Gasteiger charge is 2.26. The van der Waals surface area contributed by atoms with Crippen molar-refractivity contribution < 1.29 is 17.9 Å². The summed E-state index contributed by atoms with van der Waals surface area (Å²) in [5.41, 5.74) is 2.24. The molecule has 0 aliphatic rings. The molecule has 1 atom stereocenters. The van der Waals surface area contributed by atoms with Gasteiger partial charge in [-0.25, -0.2) is 0 Å². The Balaban J connectivity index is 2.31. The smallest absolute Gasteiger partial charge is 0.379 e. The van der Waals surface area contributed by atoms with E-state index in [-0.39, 0.29) is 19.1 Å². The van der Waals surface area contributed by atoms with Crippen molar-refractivity contribution in [1.82, 2.24) is 5.32 Å². The van der Waals surface area contributed by atoms with Crippen LogP contribution in [0, 0.1) is 6.92 Å². The fourth-order valence-corrected chi connectivity index (χ4v) is 1.72. The lowest BCUT2D eigenvalue weighted by Gasteiger charge is -2.17. The third-order valence-electron chi connectivity index (χ3n) is 2.86. The van der Waals surface area contributed by atoms with E-state index in [0.29, 0.717) is 6.61 Å². The first kappa shape index (κ1) is 16.0. The number of hydrogen-bond donors (Lipinski definition) is 1. The number of halogens is 3. The highest BCUT2D eigenvalue weighted by atomic mass is 19.4. The Kier molecular flexibility index (Phi) is 6.31. The number of nitrogens with one attached hydrogen (secondary N) is 1. The molecule has 108 valence electrons. The van der Waals surface area contributed by atoms with Gasteiger partial charge in [-0.3, -0.25) is 0 Å². The van der Waals surface area contributed by atoms with Crippen LogP contribution in [0.3, 0.4) is 0 Å². The molecule has 0 aliphatic carbocycles. The molecule has 1 aromatic carbocycles. The van der Waals surface area contributed by atoms with Crippen LogP contribution in [-0.4, -0.2) is 26.4 Å². The maximum absolute atomic E-state index is 11.9. The number of alkyl halides is 3. The summed E-state index contributed by atoms with van der Waals surface area (Å²) < 4.78 is 41.1. The van der Waals surface area contributed by atoms with Crippen LogP contribution in [0.1, 0.15) is 30.0 Å². The van der Waals surface area contributed by atoms with Crippen molar-refractivity contribution in [3.8, 4) is 0 Å². The molecule has 1 aromatic rings. The van der Waals surface area contributed by atoms with Gasteiger partial charge >= 0.3 is 6.18 Å². The van der Waals surface area contributed by atoms with E-state index in [0.717, 1.165) is 5.56 Å². The highest BCUT2D eigenvalue weighted by Crippen LogP contribution is 2.21. The quantitative estimate of drug-likeness (QED) is 0.767. The Labute approximate surface area is 112 Å². The molecule has 1 unspecified atom stereocenters.